The van der Waals surface area contributed by atoms with Gasteiger partial charge in [0.05, 0.1) is 18.9 Å². The third-order valence-corrected chi connectivity index (χ3v) is 2.23. The van der Waals surface area contributed by atoms with Crippen LogP contribution < -0.4 is 4.74 Å². The van der Waals surface area contributed by atoms with E-state index in [0.717, 1.165) is 0 Å². The quantitative estimate of drug-likeness (QED) is 0.872. The van der Waals surface area contributed by atoms with Gasteiger partial charge in [0.25, 0.3) is 0 Å². The van der Waals surface area contributed by atoms with E-state index in [1.165, 1.54) is 7.11 Å². The van der Waals surface area contributed by atoms with Gasteiger partial charge < -0.3 is 9.84 Å². The lowest BCUT2D eigenvalue weighted by atomic mass is 10.1. The highest BCUT2D eigenvalue weighted by Gasteiger charge is 2.26. The molecule has 0 radical (unpaired) electrons. The van der Waals surface area contributed by atoms with Crippen molar-refractivity contribution >= 4 is 0 Å². The number of aliphatic hydroxyl groups excluding tert-OH is 1. The molecule has 6 heteroatoms. The van der Waals surface area contributed by atoms with Gasteiger partial charge in [0.15, 0.2) is 0 Å². The number of rotatable bonds is 5. The van der Waals surface area contributed by atoms with Crippen LogP contribution in [-0.4, -0.2) is 23.4 Å². The Labute approximate surface area is 97.2 Å². The third-order valence-electron chi connectivity index (χ3n) is 2.23. The molecule has 0 saturated heterocycles. The summed E-state index contributed by atoms with van der Waals surface area (Å²) in [5.74, 6) is 0.331. The molecule has 1 heterocycles. The molecule has 1 aromatic heterocycles. The Hall–Kier alpha value is -1.30. The van der Waals surface area contributed by atoms with E-state index >= 15 is 0 Å². The van der Waals surface area contributed by atoms with Gasteiger partial charge in [0, 0.05) is 12.5 Å². The second-order valence-electron chi connectivity index (χ2n) is 3.63. The van der Waals surface area contributed by atoms with Crippen molar-refractivity contribution in [1.29, 1.82) is 0 Å². The molecular formula is C11H14F3NO2. The zero-order chi connectivity index (χ0) is 12.9. The number of ether oxygens (including phenoxy) is 1. The lowest BCUT2D eigenvalue weighted by Gasteiger charge is -2.11. The monoisotopic (exact) mass is 249 g/mol. The number of alkyl halides is 3. The summed E-state index contributed by atoms with van der Waals surface area (Å²) >= 11 is 0. The fourth-order valence-electron chi connectivity index (χ4n) is 1.37. The average Bonchev–Trinajstić information content (AvgIpc) is 2.27. The summed E-state index contributed by atoms with van der Waals surface area (Å²) in [6, 6.07) is 4.79. The molecule has 0 aliphatic heterocycles. The molecule has 0 saturated carbocycles. The van der Waals surface area contributed by atoms with Gasteiger partial charge >= 0.3 is 6.18 Å². The molecule has 0 aromatic carbocycles. The van der Waals surface area contributed by atoms with E-state index in [4.69, 9.17) is 4.74 Å². The molecule has 1 N–H and O–H groups in total. The number of hydrogen-bond donors (Lipinski definition) is 1. The number of pyridine rings is 1. The molecule has 1 unspecified atom stereocenters. The molecule has 96 valence electrons. The van der Waals surface area contributed by atoms with Crippen molar-refractivity contribution in [3.8, 4) is 5.88 Å². The van der Waals surface area contributed by atoms with Crippen molar-refractivity contribution in [2.45, 2.75) is 31.5 Å². The van der Waals surface area contributed by atoms with Crippen LogP contribution in [0.4, 0.5) is 13.2 Å². The minimum Gasteiger partial charge on any atom is -0.481 e. The van der Waals surface area contributed by atoms with Crippen LogP contribution >= 0.6 is 0 Å². The fraction of sp³-hybridized carbons (Fsp3) is 0.545. The van der Waals surface area contributed by atoms with Crippen molar-refractivity contribution in [1.82, 2.24) is 4.98 Å². The average molecular weight is 249 g/mol. The van der Waals surface area contributed by atoms with Gasteiger partial charge in [-0.2, -0.15) is 13.2 Å². The first-order valence-corrected chi connectivity index (χ1v) is 5.18. The minimum absolute atomic E-state index is 0.0275. The molecule has 0 spiro atoms. The predicted octanol–water partition coefficient (Wildman–Crippen LogP) is 2.86. The highest BCUT2D eigenvalue weighted by atomic mass is 19.4. The number of methoxy groups -OCH3 is 1. The van der Waals surface area contributed by atoms with Crippen LogP contribution in [0.1, 0.15) is 31.1 Å². The van der Waals surface area contributed by atoms with Crippen molar-refractivity contribution in [2.24, 2.45) is 0 Å². The van der Waals surface area contributed by atoms with Crippen LogP contribution in [0.15, 0.2) is 18.2 Å². The third kappa shape index (κ3) is 5.04. The molecule has 17 heavy (non-hydrogen) atoms. The molecule has 0 fully saturated rings. The summed E-state index contributed by atoms with van der Waals surface area (Å²) < 4.78 is 40.6. The van der Waals surface area contributed by atoms with Crippen LogP contribution in [-0.2, 0) is 0 Å². The van der Waals surface area contributed by atoms with Crippen molar-refractivity contribution in [3.63, 3.8) is 0 Å². The molecule has 3 nitrogen and oxygen atoms in total. The smallest absolute Gasteiger partial charge is 0.389 e. The van der Waals surface area contributed by atoms with Gasteiger partial charge in [0.2, 0.25) is 5.88 Å². The fourth-order valence-corrected chi connectivity index (χ4v) is 1.37. The van der Waals surface area contributed by atoms with Crippen LogP contribution in [0.2, 0.25) is 0 Å². The topological polar surface area (TPSA) is 42.4 Å². The Bertz CT molecular complexity index is 355. The maximum atomic E-state index is 11.9. The number of hydrogen-bond acceptors (Lipinski definition) is 3. The van der Waals surface area contributed by atoms with Gasteiger partial charge in [-0.3, -0.25) is 0 Å². The lowest BCUT2D eigenvalue weighted by Crippen LogP contribution is -2.08. The van der Waals surface area contributed by atoms with E-state index in [-0.39, 0.29) is 12.8 Å². The number of halogens is 3. The highest BCUT2D eigenvalue weighted by molar-refractivity contribution is 5.17. The lowest BCUT2D eigenvalue weighted by molar-refractivity contribution is -0.136. The van der Waals surface area contributed by atoms with E-state index < -0.39 is 18.7 Å². The highest BCUT2D eigenvalue weighted by Crippen LogP contribution is 2.26. The number of aliphatic hydroxyl groups is 1. The molecule has 0 aliphatic rings. The standard InChI is InChI=1S/C11H14F3NO2/c1-17-10-6-2-4-8(15-10)9(16)5-3-7-11(12,13)14/h2,4,6,9,16H,3,5,7H2,1H3. The van der Waals surface area contributed by atoms with E-state index in [1.807, 2.05) is 0 Å². The first kappa shape index (κ1) is 13.8. The van der Waals surface area contributed by atoms with E-state index in [0.29, 0.717) is 11.6 Å². The van der Waals surface area contributed by atoms with Crippen LogP contribution in [0.5, 0.6) is 5.88 Å². The summed E-state index contributed by atoms with van der Waals surface area (Å²) in [6.07, 6.45) is -6.16. The van der Waals surface area contributed by atoms with Gasteiger partial charge in [0.1, 0.15) is 0 Å². The van der Waals surface area contributed by atoms with Crippen molar-refractivity contribution in [3.05, 3.63) is 23.9 Å². The molecule has 1 atom stereocenters. The van der Waals surface area contributed by atoms with Crippen molar-refractivity contribution in [2.75, 3.05) is 7.11 Å². The minimum atomic E-state index is -4.18. The van der Waals surface area contributed by atoms with Crippen LogP contribution in [0.3, 0.4) is 0 Å². The first-order chi connectivity index (χ1) is 7.92. The maximum absolute atomic E-state index is 11.9. The Morgan fingerprint density at radius 1 is 1.41 bits per heavy atom. The predicted molar refractivity (Wildman–Crippen MR) is 55.7 cm³/mol. The van der Waals surface area contributed by atoms with E-state index in [9.17, 15) is 18.3 Å². The van der Waals surface area contributed by atoms with Gasteiger partial charge in [-0.05, 0) is 18.9 Å². The molecule has 1 rings (SSSR count). The normalized spacial score (nSPS) is 13.5. The Morgan fingerprint density at radius 3 is 2.71 bits per heavy atom. The summed E-state index contributed by atoms with van der Waals surface area (Å²) in [5, 5.41) is 9.65. The van der Waals surface area contributed by atoms with Crippen LogP contribution in [0, 0.1) is 0 Å². The van der Waals surface area contributed by atoms with E-state index in [2.05, 4.69) is 4.98 Å². The first-order valence-electron chi connectivity index (χ1n) is 5.18. The summed E-state index contributed by atoms with van der Waals surface area (Å²) in [7, 11) is 1.43. The summed E-state index contributed by atoms with van der Waals surface area (Å²) in [6.45, 7) is 0. The SMILES string of the molecule is COc1cccc(C(O)CCCC(F)(F)F)n1. The zero-order valence-corrected chi connectivity index (χ0v) is 9.37. The maximum Gasteiger partial charge on any atom is 0.389 e. The number of nitrogens with zero attached hydrogens (tertiary/aromatic N) is 1. The van der Waals surface area contributed by atoms with Gasteiger partial charge in [-0.25, -0.2) is 4.98 Å². The van der Waals surface area contributed by atoms with Crippen molar-refractivity contribution < 1.29 is 23.0 Å². The summed E-state index contributed by atoms with van der Waals surface area (Å²) in [5.41, 5.74) is 0.325. The second-order valence-corrected chi connectivity index (χ2v) is 3.63. The zero-order valence-electron chi connectivity index (χ0n) is 9.37. The second kappa shape index (κ2) is 5.86. The molecule has 0 aliphatic carbocycles. The molecule has 0 amide bonds. The Kier molecular flexibility index (Phi) is 4.74. The molecule has 0 bridgehead atoms. The molecule has 1 aromatic rings. The number of aromatic nitrogens is 1. The largest absolute Gasteiger partial charge is 0.481 e. The Morgan fingerprint density at radius 2 is 2.12 bits per heavy atom. The Balaban J connectivity index is 2.49. The van der Waals surface area contributed by atoms with Gasteiger partial charge in [-0.1, -0.05) is 6.07 Å². The molecular weight excluding hydrogens is 235 g/mol. The van der Waals surface area contributed by atoms with E-state index in [1.54, 1.807) is 18.2 Å². The summed E-state index contributed by atoms with van der Waals surface area (Å²) in [4.78, 5) is 3.95. The van der Waals surface area contributed by atoms with Gasteiger partial charge in [-0.15, -0.1) is 0 Å². The van der Waals surface area contributed by atoms with Crippen LogP contribution in [0.25, 0.3) is 0 Å².